The molecule has 88 valence electrons. The van der Waals surface area contributed by atoms with Crippen molar-refractivity contribution >= 4 is 44.4 Å². The first-order valence-electron chi connectivity index (χ1n) is 5.05. The Morgan fingerprint density at radius 1 is 1.47 bits per heavy atom. The van der Waals surface area contributed by atoms with Crippen molar-refractivity contribution in [3.63, 3.8) is 0 Å². The Balaban J connectivity index is 2.86. The van der Waals surface area contributed by atoms with Gasteiger partial charge in [0.25, 0.3) is 0 Å². The highest BCUT2D eigenvalue weighted by atomic mass is 79.9. The summed E-state index contributed by atoms with van der Waals surface area (Å²) in [6, 6.07) is 5.14. The summed E-state index contributed by atoms with van der Waals surface area (Å²) >= 11 is 9.49. The first-order valence-corrected chi connectivity index (χ1v) is 6.22. The summed E-state index contributed by atoms with van der Waals surface area (Å²) in [6.07, 6.45) is 0.766. The highest BCUT2D eigenvalue weighted by Gasteiger charge is 2.12. The summed E-state index contributed by atoms with van der Waals surface area (Å²) in [7, 11) is 0. The fourth-order valence-electron chi connectivity index (χ4n) is 1.70. The van der Waals surface area contributed by atoms with Crippen molar-refractivity contribution in [1.29, 1.82) is 0 Å². The number of benzene rings is 1. The Hall–Kier alpha value is -1.13. The third kappa shape index (κ3) is 2.28. The van der Waals surface area contributed by atoms with E-state index in [4.69, 9.17) is 16.7 Å². The van der Waals surface area contributed by atoms with Crippen LogP contribution in [-0.4, -0.2) is 16.1 Å². The average Bonchev–Trinajstić information content (AvgIpc) is 2.28. The number of carboxylic acids is 1. The Morgan fingerprint density at radius 2 is 2.18 bits per heavy atom. The van der Waals surface area contributed by atoms with Gasteiger partial charge in [-0.05, 0) is 30.2 Å². The van der Waals surface area contributed by atoms with Crippen LogP contribution in [0.25, 0.3) is 10.9 Å². The molecule has 3 nitrogen and oxygen atoms in total. The Kier molecular flexibility index (Phi) is 3.35. The molecule has 0 saturated carbocycles. The molecule has 0 aliphatic rings. The molecule has 0 bridgehead atoms. The molecule has 0 aliphatic carbocycles. The number of nitrogens with zero attached hydrogens (tertiary/aromatic N) is 1. The highest BCUT2D eigenvalue weighted by molar-refractivity contribution is 9.10. The first kappa shape index (κ1) is 12.3. The van der Waals surface area contributed by atoms with E-state index < -0.39 is 5.97 Å². The molecular weight excluding hydrogens is 305 g/mol. The van der Waals surface area contributed by atoms with Gasteiger partial charge in [0.2, 0.25) is 0 Å². The SMILES string of the molecule is CCc1cc(Br)cc2c(Cl)cc(C(=O)O)nc12. The fraction of sp³-hybridized carbons (Fsp3) is 0.167. The third-order valence-corrected chi connectivity index (χ3v) is 3.28. The quantitative estimate of drug-likeness (QED) is 0.914. The Morgan fingerprint density at radius 3 is 2.76 bits per heavy atom. The number of halogens is 2. The van der Waals surface area contributed by atoms with Gasteiger partial charge in [0.05, 0.1) is 10.5 Å². The van der Waals surface area contributed by atoms with Crippen molar-refractivity contribution in [3.05, 3.63) is 39.0 Å². The molecule has 1 aromatic carbocycles. The molecule has 0 amide bonds. The molecule has 0 spiro atoms. The van der Waals surface area contributed by atoms with Crippen molar-refractivity contribution in [2.24, 2.45) is 0 Å². The minimum Gasteiger partial charge on any atom is -0.477 e. The van der Waals surface area contributed by atoms with Crippen LogP contribution in [0.5, 0.6) is 0 Å². The van der Waals surface area contributed by atoms with Gasteiger partial charge in [-0.3, -0.25) is 0 Å². The van der Waals surface area contributed by atoms with Crippen molar-refractivity contribution in [3.8, 4) is 0 Å². The summed E-state index contributed by atoms with van der Waals surface area (Å²) in [6.45, 7) is 1.99. The van der Waals surface area contributed by atoms with Crippen LogP contribution in [-0.2, 0) is 6.42 Å². The number of hydrogen-bond donors (Lipinski definition) is 1. The van der Waals surface area contributed by atoms with Crippen molar-refractivity contribution in [1.82, 2.24) is 4.98 Å². The molecule has 0 atom stereocenters. The standard InChI is InChI=1S/C12H9BrClNO2/c1-2-6-3-7(13)4-8-9(14)5-10(12(16)17)15-11(6)8/h3-5H,2H2,1H3,(H,16,17). The van der Waals surface area contributed by atoms with Crippen molar-refractivity contribution in [2.75, 3.05) is 0 Å². The van der Waals surface area contributed by atoms with Gasteiger partial charge >= 0.3 is 5.97 Å². The number of aryl methyl sites for hydroxylation is 1. The van der Waals surface area contributed by atoms with E-state index in [9.17, 15) is 4.79 Å². The first-order chi connectivity index (χ1) is 8.02. The van der Waals surface area contributed by atoms with Crippen LogP contribution < -0.4 is 0 Å². The molecule has 1 heterocycles. The molecular formula is C12H9BrClNO2. The van der Waals surface area contributed by atoms with E-state index in [2.05, 4.69) is 20.9 Å². The van der Waals surface area contributed by atoms with Crippen LogP contribution in [0, 0.1) is 0 Å². The van der Waals surface area contributed by atoms with Gasteiger partial charge < -0.3 is 5.11 Å². The van der Waals surface area contributed by atoms with Gasteiger partial charge in [0, 0.05) is 9.86 Å². The number of carboxylic acid groups (broad SMARTS) is 1. The van der Waals surface area contributed by atoms with Gasteiger partial charge in [0.1, 0.15) is 5.69 Å². The lowest BCUT2D eigenvalue weighted by Gasteiger charge is -2.07. The second kappa shape index (κ2) is 4.63. The number of hydrogen-bond acceptors (Lipinski definition) is 2. The summed E-state index contributed by atoms with van der Waals surface area (Å²) in [4.78, 5) is 15.1. The van der Waals surface area contributed by atoms with Crippen molar-refractivity contribution in [2.45, 2.75) is 13.3 Å². The Labute approximate surface area is 112 Å². The molecule has 0 unspecified atom stereocenters. The zero-order valence-electron chi connectivity index (χ0n) is 9.00. The number of pyridine rings is 1. The molecule has 17 heavy (non-hydrogen) atoms. The van der Waals surface area contributed by atoms with Crippen LogP contribution in [0.2, 0.25) is 5.02 Å². The van der Waals surface area contributed by atoms with E-state index in [0.29, 0.717) is 10.5 Å². The van der Waals surface area contributed by atoms with Crippen LogP contribution in [0.15, 0.2) is 22.7 Å². The Bertz CT molecular complexity index is 613. The molecule has 0 saturated heterocycles. The van der Waals surface area contributed by atoms with Crippen LogP contribution >= 0.6 is 27.5 Å². The van der Waals surface area contributed by atoms with E-state index in [1.165, 1.54) is 6.07 Å². The molecule has 2 rings (SSSR count). The number of carbonyl (C=O) groups is 1. The maximum atomic E-state index is 10.9. The van der Waals surface area contributed by atoms with Crippen LogP contribution in [0.4, 0.5) is 0 Å². The van der Waals surface area contributed by atoms with Crippen LogP contribution in [0.1, 0.15) is 23.0 Å². The molecule has 0 fully saturated rings. The lowest BCUT2D eigenvalue weighted by atomic mass is 10.1. The van der Waals surface area contributed by atoms with Gasteiger partial charge in [-0.15, -0.1) is 0 Å². The minimum atomic E-state index is -1.07. The van der Waals surface area contributed by atoms with Crippen LogP contribution in [0.3, 0.4) is 0 Å². The molecule has 5 heteroatoms. The van der Waals surface area contributed by atoms with Gasteiger partial charge in [0.15, 0.2) is 0 Å². The maximum absolute atomic E-state index is 10.9. The lowest BCUT2D eigenvalue weighted by molar-refractivity contribution is 0.0691. The van der Waals surface area contributed by atoms with Gasteiger partial charge in [-0.25, -0.2) is 9.78 Å². The second-order valence-corrected chi connectivity index (χ2v) is 4.93. The molecule has 0 radical (unpaired) electrons. The van der Waals surface area contributed by atoms with Gasteiger partial charge in [-0.2, -0.15) is 0 Å². The average molecular weight is 315 g/mol. The lowest BCUT2D eigenvalue weighted by Crippen LogP contribution is -2.01. The smallest absolute Gasteiger partial charge is 0.354 e. The molecule has 1 aromatic heterocycles. The molecule has 0 aliphatic heterocycles. The van der Waals surface area contributed by atoms with E-state index in [1.807, 2.05) is 19.1 Å². The highest BCUT2D eigenvalue weighted by Crippen LogP contribution is 2.29. The summed E-state index contributed by atoms with van der Waals surface area (Å²) in [5.74, 6) is -1.07. The zero-order valence-corrected chi connectivity index (χ0v) is 11.3. The van der Waals surface area contributed by atoms with E-state index in [-0.39, 0.29) is 5.69 Å². The monoisotopic (exact) mass is 313 g/mol. The summed E-state index contributed by atoms with van der Waals surface area (Å²) in [5, 5.41) is 10.1. The normalized spacial score (nSPS) is 10.8. The molecule has 1 N–H and O–H groups in total. The topological polar surface area (TPSA) is 50.2 Å². The maximum Gasteiger partial charge on any atom is 0.354 e. The number of rotatable bonds is 2. The van der Waals surface area contributed by atoms with E-state index in [1.54, 1.807) is 0 Å². The number of fused-ring (bicyclic) bond motifs is 1. The number of aromatic nitrogens is 1. The molecule has 2 aromatic rings. The zero-order chi connectivity index (χ0) is 12.6. The largest absolute Gasteiger partial charge is 0.477 e. The van der Waals surface area contributed by atoms with Gasteiger partial charge in [-0.1, -0.05) is 34.5 Å². The van der Waals surface area contributed by atoms with Crippen molar-refractivity contribution < 1.29 is 9.90 Å². The predicted molar refractivity (Wildman–Crippen MR) is 70.8 cm³/mol. The van der Waals surface area contributed by atoms with E-state index >= 15 is 0 Å². The van der Waals surface area contributed by atoms with E-state index in [0.717, 1.165) is 21.8 Å². The summed E-state index contributed by atoms with van der Waals surface area (Å²) < 4.78 is 0.911. The minimum absolute atomic E-state index is 0.0282. The predicted octanol–water partition coefficient (Wildman–Crippen LogP) is 3.91. The fourth-order valence-corrected chi connectivity index (χ4v) is 2.45. The summed E-state index contributed by atoms with van der Waals surface area (Å²) in [5.41, 5.74) is 1.60. The number of aromatic carboxylic acids is 1. The third-order valence-electron chi connectivity index (χ3n) is 2.51. The second-order valence-electron chi connectivity index (χ2n) is 3.61.